The van der Waals surface area contributed by atoms with Crippen molar-refractivity contribution in [3.05, 3.63) is 52.6 Å². The molecular formula is C22H29F2NOS. The molecule has 2 rings (SSSR count). The molecule has 0 amide bonds. The molecule has 0 spiro atoms. The Labute approximate surface area is 165 Å². The van der Waals surface area contributed by atoms with E-state index in [2.05, 4.69) is 0 Å². The van der Waals surface area contributed by atoms with Crippen molar-refractivity contribution in [2.75, 3.05) is 12.4 Å². The molecule has 1 aromatic carbocycles. The summed E-state index contributed by atoms with van der Waals surface area (Å²) in [6.45, 7) is 6.38. The molecule has 0 aliphatic heterocycles. The van der Waals surface area contributed by atoms with Gasteiger partial charge in [0.05, 0.1) is 23.8 Å². The minimum Gasteiger partial charge on any atom is -0.498 e. The Hall–Kier alpha value is -1.62. The van der Waals surface area contributed by atoms with Crippen LogP contribution in [0.15, 0.2) is 52.1 Å². The van der Waals surface area contributed by atoms with Crippen molar-refractivity contribution in [3.8, 4) is 0 Å². The Morgan fingerprint density at radius 3 is 2.56 bits per heavy atom. The molecule has 1 aromatic rings. The molecule has 1 aliphatic rings. The summed E-state index contributed by atoms with van der Waals surface area (Å²) in [6, 6.07) is 8.03. The van der Waals surface area contributed by atoms with Crippen LogP contribution in [-0.4, -0.2) is 30.4 Å². The molecule has 0 aromatic heterocycles. The number of aliphatic imine (C=N–C) groups is 1. The fraction of sp³-hybridized carbons (Fsp3) is 0.500. The summed E-state index contributed by atoms with van der Waals surface area (Å²) in [5.41, 5.74) is 4.00. The van der Waals surface area contributed by atoms with Crippen LogP contribution < -0.4 is 0 Å². The topological polar surface area (TPSA) is 21.6 Å². The monoisotopic (exact) mass is 393 g/mol. The van der Waals surface area contributed by atoms with Crippen molar-refractivity contribution in [1.82, 2.24) is 0 Å². The molecule has 2 nitrogen and oxygen atoms in total. The molecule has 27 heavy (non-hydrogen) atoms. The third kappa shape index (κ3) is 7.49. The van der Waals surface area contributed by atoms with Gasteiger partial charge in [-0.05, 0) is 49.8 Å². The van der Waals surface area contributed by atoms with E-state index in [1.165, 1.54) is 17.3 Å². The highest BCUT2D eigenvalue weighted by Gasteiger charge is 2.17. The lowest BCUT2D eigenvalue weighted by Crippen LogP contribution is -2.12. The van der Waals surface area contributed by atoms with Gasteiger partial charge in [0, 0.05) is 24.7 Å². The molecule has 0 radical (unpaired) electrons. The number of nitrogens with zero attached hydrogens (tertiary/aromatic N) is 1. The van der Waals surface area contributed by atoms with E-state index in [0.717, 1.165) is 35.6 Å². The molecule has 2 unspecified atom stereocenters. The van der Waals surface area contributed by atoms with Gasteiger partial charge < -0.3 is 4.74 Å². The summed E-state index contributed by atoms with van der Waals surface area (Å²) in [5.74, 6) is 1.20. The number of rotatable bonds is 9. The number of allylic oxidation sites excluding steroid dienone is 3. The molecule has 0 bridgehead atoms. The van der Waals surface area contributed by atoms with Crippen LogP contribution in [0.1, 0.15) is 45.1 Å². The first-order chi connectivity index (χ1) is 13.0. The lowest BCUT2D eigenvalue weighted by Gasteiger charge is -2.18. The average molecular weight is 394 g/mol. The second kappa shape index (κ2) is 11.3. The Bertz CT molecular complexity index is 682. The Kier molecular flexibility index (Phi) is 9.05. The number of aryl methyl sites for hydroxylation is 1. The summed E-state index contributed by atoms with van der Waals surface area (Å²) >= 11 is 1.40. The van der Waals surface area contributed by atoms with Crippen molar-refractivity contribution < 1.29 is 13.5 Å². The van der Waals surface area contributed by atoms with Crippen LogP contribution in [0.5, 0.6) is 0 Å². The SMILES string of the molecule is CCOC1=CC(=Nc2ccc(C)cc2)C(=CSCC(F)CC(F)CC)CC1. The zero-order valence-electron chi connectivity index (χ0n) is 16.4. The standard InChI is InChI=1S/C22H29F2NOS/c1-4-18(23)12-19(24)15-27-14-17-8-11-21(26-5-2)13-22(17)25-20-9-6-16(3)7-10-20/h6-7,9-10,13-14,18-19H,4-5,8,11-12,15H2,1-3H3. The molecule has 0 saturated heterocycles. The number of hydrogen-bond acceptors (Lipinski definition) is 3. The molecule has 0 N–H and O–H groups in total. The van der Waals surface area contributed by atoms with Gasteiger partial charge in [-0.2, -0.15) is 0 Å². The van der Waals surface area contributed by atoms with Crippen LogP contribution in [0, 0.1) is 6.92 Å². The normalized spacial score (nSPS) is 19.8. The minimum absolute atomic E-state index is 0.0224. The molecule has 148 valence electrons. The highest BCUT2D eigenvalue weighted by atomic mass is 32.2. The Morgan fingerprint density at radius 1 is 1.15 bits per heavy atom. The van der Waals surface area contributed by atoms with E-state index < -0.39 is 12.3 Å². The average Bonchev–Trinajstić information content (AvgIpc) is 2.65. The van der Waals surface area contributed by atoms with Gasteiger partial charge in [-0.3, -0.25) is 0 Å². The van der Waals surface area contributed by atoms with Gasteiger partial charge in [-0.1, -0.05) is 24.6 Å². The van der Waals surface area contributed by atoms with Crippen molar-refractivity contribution in [2.45, 2.75) is 58.8 Å². The molecule has 0 fully saturated rings. The molecular weight excluding hydrogens is 364 g/mol. The first kappa shape index (κ1) is 21.7. The van der Waals surface area contributed by atoms with Gasteiger partial charge in [0.25, 0.3) is 0 Å². The van der Waals surface area contributed by atoms with E-state index in [-0.39, 0.29) is 12.2 Å². The molecule has 5 heteroatoms. The van der Waals surface area contributed by atoms with Crippen LogP contribution in [0.2, 0.25) is 0 Å². The fourth-order valence-electron chi connectivity index (χ4n) is 2.75. The number of halogens is 2. The van der Waals surface area contributed by atoms with Crippen molar-refractivity contribution in [3.63, 3.8) is 0 Å². The molecule has 2 atom stereocenters. The highest BCUT2D eigenvalue weighted by Crippen LogP contribution is 2.27. The maximum Gasteiger partial charge on any atom is 0.112 e. The highest BCUT2D eigenvalue weighted by molar-refractivity contribution is 8.02. The predicted molar refractivity (Wildman–Crippen MR) is 112 cm³/mol. The fourth-order valence-corrected chi connectivity index (χ4v) is 3.63. The molecule has 0 saturated carbocycles. The number of thioether (sulfide) groups is 1. The van der Waals surface area contributed by atoms with Crippen LogP contribution in [0.4, 0.5) is 14.5 Å². The van der Waals surface area contributed by atoms with Crippen molar-refractivity contribution in [1.29, 1.82) is 0 Å². The lowest BCUT2D eigenvalue weighted by atomic mass is 9.99. The Morgan fingerprint density at radius 2 is 1.89 bits per heavy atom. The maximum atomic E-state index is 13.9. The van der Waals surface area contributed by atoms with Gasteiger partial charge in [0.2, 0.25) is 0 Å². The number of alkyl halides is 2. The summed E-state index contributed by atoms with van der Waals surface area (Å²) in [4.78, 5) is 4.76. The molecule has 0 heterocycles. The van der Waals surface area contributed by atoms with Gasteiger partial charge in [0.1, 0.15) is 12.3 Å². The van der Waals surface area contributed by atoms with E-state index in [4.69, 9.17) is 9.73 Å². The summed E-state index contributed by atoms with van der Waals surface area (Å²) in [7, 11) is 0. The first-order valence-corrected chi connectivity index (χ1v) is 10.6. The van der Waals surface area contributed by atoms with Crippen molar-refractivity contribution in [2.24, 2.45) is 4.99 Å². The van der Waals surface area contributed by atoms with Gasteiger partial charge in [-0.15, -0.1) is 11.8 Å². The van der Waals surface area contributed by atoms with Gasteiger partial charge in [0.15, 0.2) is 0 Å². The first-order valence-electron chi connectivity index (χ1n) is 9.59. The number of ether oxygens (including phenoxy) is 1. The summed E-state index contributed by atoms with van der Waals surface area (Å²) in [5, 5.41) is 1.97. The van der Waals surface area contributed by atoms with Gasteiger partial charge >= 0.3 is 0 Å². The quantitative estimate of drug-likeness (QED) is 0.456. The zero-order valence-corrected chi connectivity index (χ0v) is 17.2. The van der Waals surface area contributed by atoms with E-state index in [1.54, 1.807) is 6.92 Å². The predicted octanol–water partition coefficient (Wildman–Crippen LogP) is 6.88. The van der Waals surface area contributed by atoms with Gasteiger partial charge in [-0.25, -0.2) is 13.8 Å². The van der Waals surface area contributed by atoms with E-state index in [1.807, 2.05) is 49.6 Å². The van der Waals surface area contributed by atoms with E-state index in [0.29, 0.717) is 13.0 Å². The van der Waals surface area contributed by atoms with Crippen LogP contribution in [-0.2, 0) is 4.74 Å². The van der Waals surface area contributed by atoms with E-state index >= 15 is 0 Å². The van der Waals surface area contributed by atoms with Crippen LogP contribution in [0.3, 0.4) is 0 Å². The maximum absolute atomic E-state index is 13.9. The Balaban J connectivity index is 2.11. The largest absolute Gasteiger partial charge is 0.498 e. The number of benzene rings is 1. The van der Waals surface area contributed by atoms with E-state index in [9.17, 15) is 8.78 Å². The van der Waals surface area contributed by atoms with Crippen LogP contribution >= 0.6 is 11.8 Å². The second-order valence-corrected chi connectivity index (χ2v) is 7.59. The summed E-state index contributed by atoms with van der Waals surface area (Å²) in [6.07, 6.45) is 1.75. The second-order valence-electron chi connectivity index (χ2n) is 6.69. The lowest BCUT2D eigenvalue weighted by molar-refractivity contribution is 0.218. The third-order valence-corrected chi connectivity index (χ3v) is 5.34. The van der Waals surface area contributed by atoms with Crippen molar-refractivity contribution >= 4 is 23.2 Å². The van der Waals surface area contributed by atoms with Crippen LogP contribution in [0.25, 0.3) is 0 Å². The zero-order chi connectivity index (χ0) is 19.6. The summed E-state index contributed by atoms with van der Waals surface area (Å²) < 4.78 is 32.9. The minimum atomic E-state index is -1.13. The third-order valence-electron chi connectivity index (χ3n) is 4.34. The molecule has 1 aliphatic carbocycles. The smallest absolute Gasteiger partial charge is 0.112 e. The number of hydrogen-bond donors (Lipinski definition) is 0.